The molecule has 0 aromatic carbocycles. The second kappa shape index (κ2) is 5.03. The predicted molar refractivity (Wildman–Crippen MR) is 101 cm³/mol. The Morgan fingerprint density at radius 1 is 0.571 bits per heavy atom. The van der Waals surface area contributed by atoms with Crippen molar-refractivity contribution in [1.82, 2.24) is 0 Å². The first kappa shape index (κ1) is 15.8. The van der Waals surface area contributed by atoms with E-state index in [1.807, 2.05) is 0 Å². The minimum atomic E-state index is -0.400. The molecule has 2 unspecified atom stereocenters. The van der Waals surface area contributed by atoms with Gasteiger partial charge < -0.3 is 18.9 Å². The van der Waals surface area contributed by atoms with Gasteiger partial charge in [0.2, 0.25) is 0 Å². The number of rotatable bonds is 0. The van der Waals surface area contributed by atoms with Gasteiger partial charge in [0.05, 0.1) is 26.4 Å². The monoisotopic (exact) mass is 380 g/mol. The van der Waals surface area contributed by atoms with Crippen LogP contribution in [0.25, 0.3) is 0 Å². The smallest absolute Gasteiger partial charge is 0.182 e. The highest BCUT2D eigenvalue weighted by Crippen LogP contribution is 2.79. The van der Waals surface area contributed by atoms with E-state index in [1.54, 1.807) is 22.3 Å². The van der Waals surface area contributed by atoms with Crippen molar-refractivity contribution in [3.8, 4) is 0 Å². The van der Waals surface area contributed by atoms with Crippen molar-refractivity contribution in [2.75, 3.05) is 26.4 Å². The molecule has 4 heteroatoms. The first-order valence-electron chi connectivity index (χ1n) is 11.5. The average molecular weight is 380 g/mol. The van der Waals surface area contributed by atoms with E-state index >= 15 is 0 Å². The molecule has 0 N–H and O–H groups in total. The quantitative estimate of drug-likeness (QED) is 0.600. The van der Waals surface area contributed by atoms with Gasteiger partial charge in [-0.05, 0) is 50.4 Å². The Morgan fingerprint density at radius 3 is 1.39 bits per heavy atom. The molecule has 6 atom stereocenters. The summed E-state index contributed by atoms with van der Waals surface area (Å²) in [6.45, 7) is 3.00. The Balaban J connectivity index is 1.41. The molecule has 8 rings (SSSR count). The molecule has 2 spiro atoms. The summed E-state index contributed by atoms with van der Waals surface area (Å²) in [6.07, 6.45) is 11.9. The summed E-state index contributed by atoms with van der Waals surface area (Å²) in [6, 6.07) is 0. The molecule has 6 aliphatic carbocycles. The van der Waals surface area contributed by atoms with Crippen LogP contribution >= 0.6 is 0 Å². The van der Waals surface area contributed by atoms with E-state index in [4.69, 9.17) is 18.9 Å². The van der Waals surface area contributed by atoms with Gasteiger partial charge in [-0.1, -0.05) is 34.4 Å². The largest absolute Gasteiger partial charge is 0.346 e. The average Bonchev–Trinajstić information content (AvgIpc) is 3.53. The van der Waals surface area contributed by atoms with Gasteiger partial charge >= 0.3 is 0 Å². The molecular formula is C24H28O4. The number of hydrogen-bond donors (Lipinski definition) is 0. The number of hydrogen-bond acceptors (Lipinski definition) is 4. The lowest BCUT2D eigenvalue weighted by molar-refractivity contribution is -0.225. The zero-order valence-electron chi connectivity index (χ0n) is 16.3. The first-order valence-corrected chi connectivity index (χ1v) is 11.5. The zero-order chi connectivity index (χ0) is 18.1. The molecule has 8 aliphatic rings. The lowest BCUT2D eigenvalue weighted by Gasteiger charge is -2.37. The minimum Gasteiger partial charge on any atom is -0.346 e. The standard InChI is InChI=1S/C24H28O4/c1-2-6-14-13(5-1)19-17-18-21(23(19)25-9-10-26-23)15-7-3-4-8-16(15)22(18)24(20(14)17)27-11-12-28-24/h1-2,17-22H,3-12H2/t17?,18?,19-,20+,21+,22-. The van der Waals surface area contributed by atoms with E-state index in [0.29, 0.717) is 35.5 Å². The Labute approximate surface area is 165 Å². The molecule has 0 aromatic rings. The van der Waals surface area contributed by atoms with Gasteiger partial charge in [0.25, 0.3) is 0 Å². The topological polar surface area (TPSA) is 36.9 Å². The third-order valence-electron chi connectivity index (χ3n) is 9.51. The fourth-order valence-corrected chi connectivity index (χ4v) is 9.24. The van der Waals surface area contributed by atoms with E-state index in [2.05, 4.69) is 12.2 Å². The summed E-state index contributed by atoms with van der Waals surface area (Å²) in [5.74, 6) is 2.02. The van der Waals surface area contributed by atoms with Gasteiger partial charge in [-0.15, -0.1) is 0 Å². The summed E-state index contributed by atoms with van der Waals surface area (Å²) >= 11 is 0. The molecule has 0 bridgehead atoms. The van der Waals surface area contributed by atoms with Gasteiger partial charge in [-0.3, -0.25) is 0 Å². The van der Waals surface area contributed by atoms with Crippen LogP contribution in [0.4, 0.5) is 0 Å². The Hall–Kier alpha value is -0.940. The van der Waals surface area contributed by atoms with Crippen LogP contribution < -0.4 is 0 Å². The van der Waals surface area contributed by atoms with Crippen molar-refractivity contribution in [2.45, 2.75) is 50.1 Å². The number of fused-ring (bicyclic) bond motifs is 8. The zero-order valence-corrected chi connectivity index (χ0v) is 16.3. The normalized spacial score (nSPS) is 48.3. The van der Waals surface area contributed by atoms with Crippen LogP contribution in [0.15, 0.2) is 34.4 Å². The minimum absolute atomic E-state index is 0.400. The van der Waals surface area contributed by atoms with Crippen molar-refractivity contribution >= 4 is 0 Å². The van der Waals surface area contributed by atoms with Crippen LogP contribution in [0, 0.1) is 35.5 Å². The molecule has 2 aliphatic heterocycles. The molecule has 2 saturated heterocycles. The lowest BCUT2D eigenvalue weighted by atomic mass is 9.78. The number of allylic oxidation sites excluding steroid dienone is 2. The van der Waals surface area contributed by atoms with E-state index in [0.717, 1.165) is 39.3 Å². The third kappa shape index (κ3) is 1.48. The molecule has 4 nitrogen and oxygen atoms in total. The fraction of sp³-hybridized carbons (Fsp3) is 0.750. The second-order valence-corrected chi connectivity index (χ2v) is 10.1. The Kier molecular flexibility index (Phi) is 2.84. The van der Waals surface area contributed by atoms with Crippen LogP contribution in [-0.2, 0) is 18.9 Å². The molecule has 2 heterocycles. The van der Waals surface area contributed by atoms with Crippen molar-refractivity contribution in [2.24, 2.45) is 35.5 Å². The summed E-state index contributed by atoms with van der Waals surface area (Å²) in [5.41, 5.74) is 6.60. The molecule has 0 aromatic heterocycles. The predicted octanol–water partition coefficient (Wildman–Crippen LogP) is 3.74. The highest BCUT2D eigenvalue weighted by molar-refractivity contribution is 5.51. The summed E-state index contributed by atoms with van der Waals surface area (Å²) in [4.78, 5) is 0. The second-order valence-electron chi connectivity index (χ2n) is 10.1. The van der Waals surface area contributed by atoms with E-state index < -0.39 is 11.6 Å². The van der Waals surface area contributed by atoms with Gasteiger partial charge in [0.15, 0.2) is 11.6 Å². The SMILES string of the molecule is C1=CCC2=C(C1)[C@@H]1C3C4[C@@H](C5=C(CCCC5)[C@@H]4C14OCCO4)C1(OCCO1)[C@@H]23. The molecule has 0 radical (unpaired) electrons. The molecule has 4 fully saturated rings. The number of ether oxygens (including phenoxy) is 4. The van der Waals surface area contributed by atoms with Crippen molar-refractivity contribution in [3.63, 3.8) is 0 Å². The van der Waals surface area contributed by atoms with Crippen LogP contribution in [0.5, 0.6) is 0 Å². The van der Waals surface area contributed by atoms with Gasteiger partial charge in [-0.25, -0.2) is 0 Å². The lowest BCUT2D eigenvalue weighted by Crippen LogP contribution is -2.46. The van der Waals surface area contributed by atoms with Crippen LogP contribution in [-0.4, -0.2) is 38.0 Å². The highest BCUT2D eigenvalue weighted by atomic mass is 16.7. The summed E-state index contributed by atoms with van der Waals surface area (Å²) in [5, 5.41) is 0. The molecule has 0 amide bonds. The maximum atomic E-state index is 6.65. The molecule has 28 heavy (non-hydrogen) atoms. The molecule has 2 saturated carbocycles. The van der Waals surface area contributed by atoms with Crippen LogP contribution in [0.1, 0.15) is 38.5 Å². The van der Waals surface area contributed by atoms with Crippen molar-refractivity contribution < 1.29 is 18.9 Å². The third-order valence-corrected chi connectivity index (χ3v) is 9.51. The van der Waals surface area contributed by atoms with Crippen molar-refractivity contribution in [1.29, 1.82) is 0 Å². The Bertz CT molecular complexity index is 752. The van der Waals surface area contributed by atoms with E-state index in [9.17, 15) is 0 Å². The first-order chi connectivity index (χ1) is 13.9. The van der Waals surface area contributed by atoms with E-state index in [1.165, 1.54) is 25.7 Å². The maximum Gasteiger partial charge on any atom is 0.182 e. The van der Waals surface area contributed by atoms with Gasteiger partial charge in [-0.2, -0.15) is 0 Å². The summed E-state index contributed by atoms with van der Waals surface area (Å²) in [7, 11) is 0. The van der Waals surface area contributed by atoms with Crippen molar-refractivity contribution in [3.05, 3.63) is 34.4 Å². The van der Waals surface area contributed by atoms with E-state index in [-0.39, 0.29) is 0 Å². The summed E-state index contributed by atoms with van der Waals surface area (Å²) < 4.78 is 26.6. The van der Waals surface area contributed by atoms with Gasteiger partial charge in [0, 0.05) is 23.7 Å². The molecular weight excluding hydrogens is 352 g/mol. The highest BCUT2D eigenvalue weighted by Gasteiger charge is 2.82. The Morgan fingerprint density at radius 2 is 0.964 bits per heavy atom. The molecule has 148 valence electrons. The van der Waals surface area contributed by atoms with Crippen LogP contribution in [0.2, 0.25) is 0 Å². The maximum absolute atomic E-state index is 6.65. The van der Waals surface area contributed by atoms with Crippen LogP contribution in [0.3, 0.4) is 0 Å². The van der Waals surface area contributed by atoms with Gasteiger partial charge in [0.1, 0.15) is 0 Å². The fourth-order valence-electron chi connectivity index (χ4n) is 9.24.